The molecule has 0 bridgehead atoms. The molecule has 0 aliphatic carbocycles. The first kappa shape index (κ1) is 17.6. The molecule has 128 valence electrons. The Morgan fingerprint density at radius 2 is 1.88 bits per heavy atom. The van der Waals surface area contributed by atoms with E-state index in [9.17, 15) is 13.6 Å². The third-order valence-corrected chi connectivity index (χ3v) is 3.36. The van der Waals surface area contributed by atoms with Gasteiger partial charge in [-0.2, -0.15) is 4.98 Å². The van der Waals surface area contributed by atoms with Crippen molar-refractivity contribution in [3.63, 3.8) is 0 Å². The van der Waals surface area contributed by atoms with Gasteiger partial charge in [-0.15, -0.1) is 0 Å². The zero-order valence-electron chi connectivity index (χ0n) is 13.9. The summed E-state index contributed by atoms with van der Waals surface area (Å²) in [5.41, 5.74) is 0.974. The first-order valence-corrected chi connectivity index (χ1v) is 7.28. The minimum atomic E-state index is -1.03. The van der Waals surface area contributed by atoms with E-state index in [0.717, 1.165) is 12.1 Å². The SMILES string of the molecule is CNC(=O)[C@H](Nc1nc(C)cc(N(C)C)n1)c1ccc(F)c(F)c1. The summed E-state index contributed by atoms with van der Waals surface area (Å²) in [6.45, 7) is 1.80. The topological polar surface area (TPSA) is 70.2 Å². The lowest BCUT2D eigenvalue weighted by Gasteiger charge is -2.19. The molecule has 0 saturated carbocycles. The highest BCUT2D eigenvalue weighted by Gasteiger charge is 2.22. The number of carbonyl (C=O) groups excluding carboxylic acids is 1. The molecule has 1 aromatic heterocycles. The van der Waals surface area contributed by atoms with Gasteiger partial charge in [-0.25, -0.2) is 13.8 Å². The van der Waals surface area contributed by atoms with Crippen molar-refractivity contribution in [3.8, 4) is 0 Å². The number of rotatable bonds is 5. The largest absolute Gasteiger partial charge is 0.363 e. The van der Waals surface area contributed by atoms with Gasteiger partial charge in [0.25, 0.3) is 0 Å². The van der Waals surface area contributed by atoms with Crippen LogP contribution in [-0.4, -0.2) is 37.0 Å². The highest BCUT2D eigenvalue weighted by atomic mass is 19.2. The van der Waals surface area contributed by atoms with Gasteiger partial charge in [0.2, 0.25) is 11.9 Å². The highest BCUT2D eigenvalue weighted by Crippen LogP contribution is 2.21. The van der Waals surface area contributed by atoms with Crippen LogP contribution in [0.3, 0.4) is 0 Å². The fourth-order valence-electron chi connectivity index (χ4n) is 2.11. The van der Waals surface area contributed by atoms with Gasteiger partial charge >= 0.3 is 0 Å². The van der Waals surface area contributed by atoms with Crippen molar-refractivity contribution in [3.05, 3.63) is 47.2 Å². The Morgan fingerprint density at radius 1 is 1.17 bits per heavy atom. The van der Waals surface area contributed by atoms with Crippen molar-refractivity contribution in [2.24, 2.45) is 0 Å². The summed E-state index contributed by atoms with van der Waals surface area (Å²) in [7, 11) is 5.12. The molecule has 1 aromatic carbocycles. The quantitative estimate of drug-likeness (QED) is 0.875. The Morgan fingerprint density at radius 3 is 2.46 bits per heavy atom. The number of nitrogens with one attached hydrogen (secondary N) is 2. The molecule has 2 N–H and O–H groups in total. The number of likely N-dealkylation sites (N-methyl/N-ethyl adjacent to an activating group) is 1. The van der Waals surface area contributed by atoms with Crippen molar-refractivity contribution in [1.82, 2.24) is 15.3 Å². The smallest absolute Gasteiger partial charge is 0.246 e. The van der Waals surface area contributed by atoms with E-state index >= 15 is 0 Å². The molecular weight excluding hydrogens is 316 g/mol. The zero-order chi connectivity index (χ0) is 17.9. The average molecular weight is 335 g/mol. The van der Waals surface area contributed by atoms with Gasteiger partial charge in [0.1, 0.15) is 11.9 Å². The Labute approximate surface area is 138 Å². The fraction of sp³-hybridized carbons (Fsp3) is 0.312. The zero-order valence-corrected chi connectivity index (χ0v) is 13.9. The summed E-state index contributed by atoms with van der Waals surface area (Å²) in [5, 5.41) is 5.36. The van der Waals surface area contributed by atoms with E-state index in [4.69, 9.17) is 0 Å². The molecule has 0 saturated heterocycles. The molecular formula is C16H19F2N5O. The maximum absolute atomic E-state index is 13.5. The summed E-state index contributed by atoms with van der Waals surface area (Å²) < 4.78 is 26.6. The molecule has 2 rings (SSSR count). The maximum atomic E-state index is 13.5. The fourth-order valence-corrected chi connectivity index (χ4v) is 2.11. The van der Waals surface area contributed by atoms with Crippen molar-refractivity contribution in [2.45, 2.75) is 13.0 Å². The highest BCUT2D eigenvalue weighted by molar-refractivity contribution is 5.85. The first-order valence-electron chi connectivity index (χ1n) is 7.28. The number of halogens is 2. The van der Waals surface area contributed by atoms with Crippen LogP contribution in [0.1, 0.15) is 17.3 Å². The second kappa shape index (κ2) is 7.20. The molecule has 6 nitrogen and oxygen atoms in total. The second-order valence-electron chi connectivity index (χ2n) is 5.45. The number of hydrogen-bond acceptors (Lipinski definition) is 5. The van der Waals surface area contributed by atoms with E-state index in [-0.39, 0.29) is 11.5 Å². The van der Waals surface area contributed by atoms with Crippen LogP contribution in [0.4, 0.5) is 20.5 Å². The van der Waals surface area contributed by atoms with Crippen LogP contribution in [0.15, 0.2) is 24.3 Å². The number of aryl methyl sites for hydroxylation is 1. The molecule has 0 aliphatic rings. The molecule has 8 heteroatoms. The number of nitrogens with zero attached hydrogens (tertiary/aromatic N) is 3. The van der Waals surface area contributed by atoms with Gasteiger partial charge in [0, 0.05) is 32.9 Å². The number of benzene rings is 1. The van der Waals surface area contributed by atoms with Crippen LogP contribution < -0.4 is 15.5 Å². The van der Waals surface area contributed by atoms with E-state index in [1.165, 1.54) is 13.1 Å². The van der Waals surface area contributed by atoms with E-state index in [2.05, 4.69) is 20.6 Å². The predicted molar refractivity (Wildman–Crippen MR) is 87.9 cm³/mol. The van der Waals surface area contributed by atoms with Crippen molar-refractivity contribution in [2.75, 3.05) is 31.4 Å². The summed E-state index contributed by atoms with van der Waals surface area (Å²) in [5.74, 6) is -1.54. The Balaban J connectivity index is 2.39. The van der Waals surface area contributed by atoms with Gasteiger partial charge in [-0.1, -0.05) is 6.07 Å². The number of amides is 1. The minimum absolute atomic E-state index is 0.219. The summed E-state index contributed by atoms with van der Waals surface area (Å²) >= 11 is 0. The summed E-state index contributed by atoms with van der Waals surface area (Å²) in [6, 6.07) is 4.13. The molecule has 2 aromatic rings. The van der Waals surface area contributed by atoms with Crippen molar-refractivity contribution >= 4 is 17.7 Å². The van der Waals surface area contributed by atoms with Crippen LogP contribution in [0.25, 0.3) is 0 Å². The molecule has 0 unspecified atom stereocenters. The number of carbonyl (C=O) groups is 1. The predicted octanol–water partition coefficient (Wildman–Crippen LogP) is 2.03. The van der Waals surface area contributed by atoms with E-state index in [0.29, 0.717) is 11.5 Å². The Kier molecular flexibility index (Phi) is 5.28. The van der Waals surface area contributed by atoms with Gasteiger partial charge in [-0.05, 0) is 24.6 Å². The number of hydrogen-bond donors (Lipinski definition) is 2. The lowest BCUT2D eigenvalue weighted by Crippen LogP contribution is -2.31. The van der Waals surface area contributed by atoms with Gasteiger partial charge < -0.3 is 15.5 Å². The Bertz CT molecular complexity index is 751. The minimum Gasteiger partial charge on any atom is -0.363 e. The van der Waals surface area contributed by atoms with E-state index in [1.807, 2.05) is 14.1 Å². The third kappa shape index (κ3) is 3.95. The molecule has 1 heterocycles. The van der Waals surface area contributed by atoms with Crippen LogP contribution in [0.2, 0.25) is 0 Å². The van der Waals surface area contributed by atoms with Crippen molar-refractivity contribution < 1.29 is 13.6 Å². The molecule has 0 aliphatic heterocycles. The lowest BCUT2D eigenvalue weighted by molar-refractivity contribution is -0.121. The van der Waals surface area contributed by atoms with Crippen LogP contribution in [0, 0.1) is 18.6 Å². The third-order valence-electron chi connectivity index (χ3n) is 3.36. The van der Waals surface area contributed by atoms with Crippen LogP contribution >= 0.6 is 0 Å². The van der Waals surface area contributed by atoms with E-state index in [1.54, 1.807) is 17.9 Å². The van der Waals surface area contributed by atoms with Crippen LogP contribution in [0.5, 0.6) is 0 Å². The number of anilines is 2. The molecule has 24 heavy (non-hydrogen) atoms. The average Bonchev–Trinajstić information content (AvgIpc) is 2.54. The van der Waals surface area contributed by atoms with Crippen LogP contribution in [-0.2, 0) is 4.79 Å². The molecule has 0 radical (unpaired) electrons. The summed E-state index contributed by atoms with van der Waals surface area (Å²) in [6.07, 6.45) is 0. The van der Waals surface area contributed by atoms with Gasteiger partial charge in [0.15, 0.2) is 11.6 Å². The Hall–Kier alpha value is -2.77. The second-order valence-corrected chi connectivity index (χ2v) is 5.45. The number of aromatic nitrogens is 2. The van der Waals surface area contributed by atoms with Gasteiger partial charge in [-0.3, -0.25) is 4.79 Å². The molecule has 0 fully saturated rings. The monoisotopic (exact) mass is 335 g/mol. The van der Waals surface area contributed by atoms with E-state index < -0.39 is 23.6 Å². The normalized spacial score (nSPS) is 11.8. The molecule has 1 amide bonds. The maximum Gasteiger partial charge on any atom is 0.246 e. The molecule has 1 atom stereocenters. The first-order chi connectivity index (χ1) is 11.3. The standard InChI is InChI=1S/C16H19F2N5O/c1-9-7-13(23(3)4)21-16(20-9)22-14(15(24)19-2)10-5-6-11(17)12(18)8-10/h5-8,14H,1-4H3,(H,19,24)(H,20,21,22)/t14-/m1/s1. The molecule has 0 spiro atoms. The van der Waals surface area contributed by atoms with Gasteiger partial charge in [0.05, 0.1) is 0 Å². The van der Waals surface area contributed by atoms with Crippen molar-refractivity contribution in [1.29, 1.82) is 0 Å². The summed E-state index contributed by atoms with van der Waals surface area (Å²) in [4.78, 5) is 22.5. The lowest BCUT2D eigenvalue weighted by atomic mass is 10.1.